The summed E-state index contributed by atoms with van der Waals surface area (Å²) in [5.74, 6) is 1.19. The fourth-order valence-corrected chi connectivity index (χ4v) is 4.66. The molecule has 170 valence electrons. The molecule has 2 atom stereocenters. The van der Waals surface area contributed by atoms with Crippen LogP contribution in [0.1, 0.15) is 44.5 Å². The number of anilines is 1. The lowest BCUT2D eigenvalue weighted by Crippen LogP contribution is -2.44. The summed E-state index contributed by atoms with van der Waals surface area (Å²) in [6.45, 7) is 6.43. The summed E-state index contributed by atoms with van der Waals surface area (Å²) in [5, 5.41) is 24.2. The number of hydrogen-bond acceptors (Lipinski definition) is 5. The minimum Gasteiger partial charge on any atom is -0.465 e. The van der Waals surface area contributed by atoms with E-state index in [0.29, 0.717) is 35.8 Å². The number of nitrogens with two attached hydrogens (primary N) is 1. The first-order chi connectivity index (χ1) is 15.7. The lowest BCUT2D eigenvalue weighted by molar-refractivity contribution is 0.101. The Hall–Kier alpha value is -3.99. The second-order valence-electron chi connectivity index (χ2n) is 9.26. The summed E-state index contributed by atoms with van der Waals surface area (Å²) in [4.78, 5) is 13.3. The summed E-state index contributed by atoms with van der Waals surface area (Å²) in [5.41, 5.74) is 7.85. The summed E-state index contributed by atoms with van der Waals surface area (Å²) in [7, 11) is 0. The van der Waals surface area contributed by atoms with Gasteiger partial charge in [-0.2, -0.15) is 10.4 Å². The quantitative estimate of drug-likeness (QED) is 0.583. The molecule has 3 aromatic rings. The Labute approximate surface area is 192 Å². The van der Waals surface area contributed by atoms with Gasteiger partial charge in [0.05, 0.1) is 17.1 Å². The van der Waals surface area contributed by atoms with Gasteiger partial charge in [0, 0.05) is 18.5 Å². The van der Waals surface area contributed by atoms with Crippen LogP contribution in [0.4, 0.5) is 10.5 Å². The minimum atomic E-state index is -0.954. The fourth-order valence-electron chi connectivity index (χ4n) is 4.66. The molecular formula is C25H27N5O3. The largest absolute Gasteiger partial charge is 0.465 e. The summed E-state index contributed by atoms with van der Waals surface area (Å²) in [6, 6.07) is 18.6. The topological polar surface area (TPSA) is 117 Å². The van der Waals surface area contributed by atoms with E-state index in [1.54, 1.807) is 12.1 Å². The van der Waals surface area contributed by atoms with E-state index in [0.717, 1.165) is 5.75 Å². The van der Waals surface area contributed by atoms with Gasteiger partial charge < -0.3 is 20.5 Å². The van der Waals surface area contributed by atoms with Crippen LogP contribution in [0.25, 0.3) is 5.69 Å². The van der Waals surface area contributed by atoms with Crippen LogP contribution in [0.3, 0.4) is 0 Å². The van der Waals surface area contributed by atoms with Crippen molar-refractivity contribution in [3.8, 4) is 23.3 Å². The Balaban J connectivity index is 1.68. The van der Waals surface area contributed by atoms with Gasteiger partial charge in [-0.15, -0.1) is 0 Å². The highest BCUT2D eigenvalue weighted by atomic mass is 16.5. The molecule has 0 radical (unpaired) electrons. The van der Waals surface area contributed by atoms with Crippen LogP contribution >= 0.6 is 0 Å². The molecule has 2 aromatic carbocycles. The molecule has 0 aliphatic carbocycles. The van der Waals surface area contributed by atoms with Crippen molar-refractivity contribution in [3.05, 3.63) is 66.0 Å². The summed E-state index contributed by atoms with van der Waals surface area (Å²) < 4.78 is 7.37. The second kappa shape index (κ2) is 8.51. The highest BCUT2D eigenvalue weighted by molar-refractivity contribution is 5.67. The first-order valence-electron chi connectivity index (χ1n) is 10.8. The van der Waals surface area contributed by atoms with Gasteiger partial charge in [-0.1, -0.05) is 39.0 Å². The molecule has 1 amide bonds. The van der Waals surface area contributed by atoms with E-state index in [-0.39, 0.29) is 23.1 Å². The Morgan fingerprint density at radius 3 is 2.36 bits per heavy atom. The predicted molar refractivity (Wildman–Crippen MR) is 125 cm³/mol. The van der Waals surface area contributed by atoms with E-state index in [9.17, 15) is 15.2 Å². The molecule has 1 aliphatic rings. The molecule has 1 aromatic heterocycles. The van der Waals surface area contributed by atoms with Crippen LogP contribution in [-0.4, -0.2) is 38.5 Å². The van der Waals surface area contributed by atoms with Crippen molar-refractivity contribution < 1.29 is 14.6 Å². The van der Waals surface area contributed by atoms with Gasteiger partial charge in [-0.25, -0.2) is 9.48 Å². The van der Waals surface area contributed by atoms with Crippen molar-refractivity contribution in [1.82, 2.24) is 14.7 Å². The van der Waals surface area contributed by atoms with Gasteiger partial charge in [-0.3, -0.25) is 0 Å². The monoisotopic (exact) mass is 445 g/mol. The van der Waals surface area contributed by atoms with E-state index in [1.807, 2.05) is 63.2 Å². The van der Waals surface area contributed by atoms with Crippen molar-refractivity contribution >= 4 is 11.8 Å². The molecule has 0 bridgehead atoms. The minimum absolute atomic E-state index is 0.199. The van der Waals surface area contributed by atoms with Gasteiger partial charge in [0.15, 0.2) is 5.69 Å². The average Bonchev–Trinajstić information content (AvgIpc) is 3.36. The SMILES string of the molecule is CC(C)(C)C1C(c2nn(-c3ccc(Oc4ccccc4)cc3)c(C#N)c2N)CCN1C(=O)O. The van der Waals surface area contributed by atoms with Crippen LogP contribution in [-0.2, 0) is 0 Å². The van der Waals surface area contributed by atoms with E-state index in [4.69, 9.17) is 15.6 Å². The number of rotatable bonds is 4. The number of aromatic nitrogens is 2. The summed E-state index contributed by atoms with van der Waals surface area (Å²) >= 11 is 0. The third-order valence-corrected chi connectivity index (χ3v) is 6.00. The van der Waals surface area contributed by atoms with E-state index < -0.39 is 6.09 Å². The fraction of sp³-hybridized carbons (Fsp3) is 0.320. The molecule has 8 nitrogen and oxygen atoms in total. The Kier molecular flexibility index (Phi) is 5.73. The Morgan fingerprint density at radius 1 is 1.15 bits per heavy atom. The number of nitriles is 1. The zero-order valence-electron chi connectivity index (χ0n) is 18.9. The molecule has 0 saturated carbocycles. The van der Waals surface area contributed by atoms with Crippen LogP contribution in [0.15, 0.2) is 54.6 Å². The van der Waals surface area contributed by atoms with E-state index >= 15 is 0 Å². The zero-order valence-corrected chi connectivity index (χ0v) is 18.9. The van der Waals surface area contributed by atoms with Crippen LogP contribution in [0.2, 0.25) is 0 Å². The first kappa shape index (κ1) is 22.2. The second-order valence-corrected chi connectivity index (χ2v) is 9.26. The predicted octanol–water partition coefficient (Wildman–Crippen LogP) is 5.00. The van der Waals surface area contributed by atoms with Crippen molar-refractivity contribution in [3.63, 3.8) is 0 Å². The van der Waals surface area contributed by atoms with Crippen LogP contribution < -0.4 is 10.5 Å². The lowest BCUT2D eigenvalue weighted by atomic mass is 9.78. The third-order valence-electron chi connectivity index (χ3n) is 6.00. The number of amides is 1. The van der Waals surface area contributed by atoms with Crippen LogP contribution in [0.5, 0.6) is 11.5 Å². The molecule has 1 fully saturated rings. The van der Waals surface area contributed by atoms with Gasteiger partial charge in [0.2, 0.25) is 0 Å². The third kappa shape index (κ3) is 4.22. The number of likely N-dealkylation sites (tertiary alicyclic amines) is 1. The highest BCUT2D eigenvalue weighted by Gasteiger charge is 2.46. The standard InChI is InChI=1S/C25H27N5O3/c1-25(2,3)23-19(13-14-29(23)24(31)32)22-21(27)20(15-26)30(28-22)16-9-11-18(12-10-16)33-17-7-5-4-6-8-17/h4-12,19,23H,13-14,27H2,1-3H3,(H,31,32). The molecule has 0 spiro atoms. The Morgan fingerprint density at radius 2 is 1.79 bits per heavy atom. The zero-order chi connectivity index (χ0) is 23.8. The van der Waals surface area contributed by atoms with Crippen molar-refractivity contribution in [1.29, 1.82) is 5.26 Å². The maximum Gasteiger partial charge on any atom is 0.407 e. The normalized spacial score (nSPS) is 18.2. The number of hydrogen-bond donors (Lipinski definition) is 2. The molecular weight excluding hydrogens is 418 g/mol. The molecule has 3 N–H and O–H groups in total. The molecule has 33 heavy (non-hydrogen) atoms. The number of ether oxygens (including phenoxy) is 1. The smallest absolute Gasteiger partial charge is 0.407 e. The van der Waals surface area contributed by atoms with E-state index in [1.165, 1.54) is 9.58 Å². The number of para-hydroxylation sites is 1. The van der Waals surface area contributed by atoms with Gasteiger partial charge in [0.1, 0.15) is 17.6 Å². The number of benzene rings is 2. The molecule has 8 heteroatoms. The number of nitrogen functional groups attached to an aromatic ring is 1. The highest BCUT2D eigenvalue weighted by Crippen LogP contribution is 2.44. The van der Waals surface area contributed by atoms with Gasteiger partial charge in [0.25, 0.3) is 0 Å². The van der Waals surface area contributed by atoms with Crippen molar-refractivity contribution in [2.45, 2.75) is 39.2 Å². The number of carbonyl (C=O) groups is 1. The molecule has 2 unspecified atom stereocenters. The molecule has 1 saturated heterocycles. The maximum absolute atomic E-state index is 11.8. The van der Waals surface area contributed by atoms with Gasteiger partial charge >= 0.3 is 6.09 Å². The first-order valence-corrected chi connectivity index (χ1v) is 10.8. The maximum atomic E-state index is 11.8. The molecule has 4 rings (SSSR count). The average molecular weight is 446 g/mol. The van der Waals surface area contributed by atoms with Crippen LogP contribution in [0, 0.1) is 16.7 Å². The molecule has 1 aliphatic heterocycles. The molecule has 2 heterocycles. The van der Waals surface area contributed by atoms with E-state index in [2.05, 4.69) is 6.07 Å². The lowest BCUT2D eigenvalue weighted by Gasteiger charge is -2.36. The Bertz CT molecular complexity index is 1190. The number of nitrogens with zero attached hydrogens (tertiary/aromatic N) is 4. The van der Waals surface area contributed by atoms with Crippen molar-refractivity contribution in [2.24, 2.45) is 5.41 Å². The van der Waals surface area contributed by atoms with Crippen molar-refractivity contribution in [2.75, 3.05) is 12.3 Å². The summed E-state index contributed by atoms with van der Waals surface area (Å²) in [6.07, 6.45) is -0.352. The number of carboxylic acid groups (broad SMARTS) is 1. The van der Waals surface area contributed by atoms with Gasteiger partial charge in [-0.05, 0) is 48.2 Å².